The SMILES string of the molecule is C[C@H](C(=O)Nc1cc(C(=O)N(C)C)ccc1Cl)c1cccs1. The van der Waals surface area contributed by atoms with Gasteiger partial charge >= 0.3 is 0 Å². The number of carbonyl (C=O) groups is 2. The van der Waals surface area contributed by atoms with E-state index in [1.54, 1.807) is 32.3 Å². The Hall–Kier alpha value is -1.85. The van der Waals surface area contributed by atoms with Gasteiger partial charge in [-0.05, 0) is 36.6 Å². The van der Waals surface area contributed by atoms with Crippen molar-refractivity contribution in [1.82, 2.24) is 4.90 Å². The van der Waals surface area contributed by atoms with E-state index in [1.807, 2.05) is 24.4 Å². The first kappa shape index (κ1) is 16.5. The number of rotatable bonds is 4. The van der Waals surface area contributed by atoms with Gasteiger partial charge in [0.15, 0.2) is 0 Å². The summed E-state index contributed by atoms with van der Waals surface area (Å²) in [6.07, 6.45) is 0. The van der Waals surface area contributed by atoms with Crippen LogP contribution in [0.25, 0.3) is 0 Å². The Bertz CT molecular complexity index is 683. The van der Waals surface area contributed by atoms with Crippen LogP contribution in [-0.4, -0.2) is 30.8 Å². The van der Waals surface area contributed by atoms with Gasteiger partial charge < -0.3 is 10.2 Å². The number of hydrogen-bond acceptors (Lipinski definition) is 3. The number of amides is 2. The Kier molecular flexibility index (Phi) is 5.21. The molecule has 0 fully saturated rings. The Balaban J connectivity index is 2.20. The molecule has 0 unspecified atom stereocenters. The van der Waals surface area contributed by atoms with E-state index in [-0.39, 0.29) is 17.7 Å². The zero-order valence-corrected chi connectivity index (χ0v) is 14.2. The first-order chi connectivity index (χ1) is 10.4. The molecule has 22 heavy (non-hydrogen) atoms. The van der Waals surface area contributed by atoms with Crippen LogP contribution >= 0.6 is 22.9 Å². The molecule has 0 aliphatic heterocycles. The van der Waals surface area contributed by atoms with Crippen LogP contribution in [0.15, 0.2) is 35.7 Å². The van der Waals surface area contributed by atoms with Gasteiger partial charge in [0.1, 0.15) is 0 Å². The van der Waals surface area contributed by atoms with Crippen molar-refractivity contribution >= 4 is 40.4 Å². The van der Waals surface area contributed by atoms with Crippen molar-refractivity contribution in [3.05, 3.63) is 51.2 Å². The number of thiophene rings is 1. The van der Waals surface area contributed by atoms with Crippen LogP contribution in [0.2, 0.25) is 5.02 Å². The van der Waals surface area contributed by atoms with Gasteiger partial charge in [-0.2, -0.15) is 0 Å². The predicted molar refractivity (Wildman–Crippen MR) is 90.8 cm³/mol. The van der Waals surface area contributed by atoms with Crippen molar-refractivity contribution in [3.8, 4) is 0 Å². The molecular weight excluding hydrogens is 320 g/mol. The molecule has 1 heterocycles. The molecule has 0 saturated heterocycles. The molecular formula is C16H17ClN2O2S. The second-order valence-corrected chi connectivity index (χ2v) is 6.51. The van der Waals surface area contributed by atoms with Gasteiger partial charge in [-0.15, -0.1) is 11.3 Å². The highest BCUT2D eigenvalue weighted by molar-refractivity contribution is 7.10. The molecule has 0 radical (unpaired) electrons. The first-order valence-electron chi connectivity index (χ1n) is 6.75. The van der Waals surface area contributed by atoms with Crippen LogP contribution in [0.4, 0.5) is 5.69 Å². The molecule has 0 aliphatic carbocycles. The van der Waals surface area contributed by atoms with Gasteiger partial charge in [-0.25, -0.2) is 0 Å². The number of anilines is 1. The van der Waals surface area contributed by atoms with Crippen molar-refractivity contribution in [3.63, 3.8) is 0 Å². The summed E-state index contributed by atoms with van der Waals surface area (Å²) in [5.74, 6) is -0.568. The number of hydrogen-bond donors (Lipinski definition) is 1. The van der Waals surface area contributed by atoms with Crippen LogP contribution in [0, 0.1) is 0 Å². The average Bonchev–Trinajstić information content (AvgIpc) is 3.02. The van der Waals surface area contributed by atoms with Crippen LogP contribution < -0.4 is 5.32 Å². The van der Waals surface area contributed by atoms with E-state index < -0.39 is 0 Å². The van der Waals surface area contributed by atoms with E-state index in [0.29, 0.717) is 16.3 Å². The summed E-state index contributed by atoms with van der Waals surface area (Å²) in [4.78, 5) is 26.8. The molecule has 0 bridgehead atoms. The predicted octanol–water partition coefficient (Wildman–Crippen LogP) is 3.85. The summed E-state index contributed by atoms with van der Waals surface area (Å²) in [5, 5.41) is 5.14. The lowest BCUT2D eigenvalue weighted by atomic mass is 10.1. The number of nitrogens with one attached hydrogen (secondary N) is 1. The Morgan fingerprint density at radius 3 is 2.59 bits per heavy atom. The van der Waals surface area contributed by atoms with Gasteiger partial charge in [0.2, 0.25) is 5.91 Å². The lowest BCUT2D eigenvalue weighted by Crippen LogP contribution is -2.22. The van der Waals surface area contributed by atoms with Crippen molar-refractivity contribution < 1.29 is 9.59 Å². The van der Waals surface area contributed by atoms with E-state index in [1.165, 1.54) is 16.2 Å². The standard InChI is InChI=1S/C16H17ClN2O2S/c1-10(14-5-4-8-22-14)15(20)18-13-9-11(6-7-12(13)17)16(21)19(2)3/h4-10H,1-3H3,(H,18,20)/t10-/m0/s1. The van der Waals surface area contributed by atoms with Gasteiger partial charge in [-0.1, -0.05) is 17.7 Å². The fourth-order valence-electron chi connectivity index (χ4n) is 1.92. The molecule has 1 aromatic carbocycles. The van der Waals surface area contributed by atoms with Gasteiger partial charge in [0.05, 0.1) is 16.6 Å². The monoisotopic (exact) mass is 336 g/mol. The highest BCUT2D eigenvalue weighted by Gasteiger charge is 2.18. The fraction of sp³-hybridized carbons (Fsp3) is 0.250. The average molecular weight is 337 g/mol. The number of nitrogens with zero attached hydrogens (tertiary/aromatic N) is 1. The lowest BCUT2D eigenvalue weighted by molar-refractivity contribution is -0.117. The fourth-order valence-corrected chi connectivity index (χ4v) is 2.87. The van der Waals surface area contributed by atoms with Crippen molar-refractivity contribution in [2.45, 2.75) is 12.8 Å². The minimum absolute atomic E-state index is 0.140. The maximum Gasteiger partial charge on any atom is 0.253 e. The maximum atomic E-state index is 12.3. The third kappa shape index (κ3) is 3.67. The molecule has 2 rings (SSSR count). The van der Waals surface area contributed by atoms with Crippen LogP contribution in [0.1, 0.15) is 28.1 Å². The smallest absolute Gasteiger partial charge is 0.253 e. The maximum absolute atomic E-state index is 12.3. The summed E-state index contributed by atoms with van der Waals surface area (Å²) in [6, 6.07) is 8.69. The van der Waals surface area contributed by atoms with Crippen molar-refractivity contribution in [1.29, 1.82) is 0 Å². The van der Waals surface area contributed by atoms with E-state index >= 15 is 0 Å². The second-order valence-electron chi connectivity index (χ2n) is 5.12. The number of carbonyl (C=O) groups excluding carboxylic acids is 2. The molecule has 0 aliphatic rings. The Labute approximate surface area is 138 Å². The highest BCUT2D eigenvalue weighted by Crippen LogP contribution is 2.27. The largest absolute Gasteiger partial charge is 0.345 e. The third-order valence-electron chi connectivity index (χ3n) is 3.24. The molecule has 2 amide bonds. The highest BCUT2D eigenvalue weighted by atomic mass is 35.5. The van der Waals surface area contributed by atoms with E-state index in [9.17, 15) is 9.59 Å². The molecule has 116 valence electrons. The van der Waals surface area contributed by atoms with Crippen LogP contribution in [-0.2, 0) is 4.79 Å². The summed E-state index contributed by atoms with van der Waals surface area (Å²) in [6.45, 7) is 1.84. The first-order valence-corrected chi connectivity index (χ1v) is 8.01. The minimum atomic E-state index is -0.274. The Morgan fingerprint density at radius 2 is 2.00 bits per heavy atom. The molecule has 4 nitrogen and oxygen atoms in total. The quantitative estimate of drug-likeness (QED) is 0.922. The molecule has 1 aromatic heterocycles. The zero-order valence-electron chi connectivity index (χ0n) is 12.6. The second kappa shape index (κ2) is 6.94. The number of halogens is 1. The molecule has 1 N–H and O–H groups in total. The molecule has 0 saturated carbocycles. The summed E-state index contributed by atoms with van der Waals surface area (Å²) in [7, 11) is 3.35. The van der Waals surface area contributed by atoms with Gasteiger partial charge in [-0.3, -0.25) is 9.59 Å². The van der Waals surface area contributed by atoms with E-state index in [0.717, 1.165) is 4.88 Å². The summed E-state index contributed by atoms with van der Waals surface area (Å²) < 4.78 is 0. The van der Waals surface area contributed by atoms with Crippen LogP contribution in [0.5, 0.6) is 0 Å². The summed E-state index contributed by atoms with van der Waals surface area (Å²) in [5.41, 5.74) is 0.927. The molecule has 6 heteroatoms. The molecule has 1 atom stereocenters. The topological polar surface area (TPSA) is 49.4 Å². The molecule has 2 aromatic rings. The minimum Gasteiger partial charge on any atom is -0.345 e. The van der Waals surface area contributed by atoms with Crippen molar-refractivity contribution in [2.75, 3.05) is 19.4 Å². The van der Waals surface area contributed by atoms with Gasteiger partial charge in [0.25, 0.3) is 5.91 Å². The normalized spacial score (nSPS) is 11.8. The van der Waals surface area contributed by atoms with Crippen LogP contribution in [0.3, 0.4) is 0 Å². The molecule has 0 spiro atoms. The van der Waals surface area contributed by atoms with E-state index in [4.69, 9.17) is 11.6 Å². The van der Waals surface area contributed by atoms with Gasteiger partial charge in [0, 0.05) is 24.5 Å². The van der Waals surface area contributed by atoms with E-state index in [2.05, 4.69) is 5.32 Å². The number of benzene rings is 1. The lowest BCUT2D eigenvalue weighted by Gasteiger charge is -2.14. The zero-order chi connectivity index (χ0) is 16.3. The third-order valence-corrected chi connectivity index (χ3v) is 4.63. The van der Waals surface area contributed by atoms with Crippen molar-refractivity contribution in [2.24, 2.45) is 0 Å². The summed E-state index contributed by atoms with van der Waals surface area (Å²) >= 11 is 7.65. The Morgan fingerprint density at radius 1 is 1.27 bits per heavy atom.